The van der Waals surface area contributed by atoms with E-state index in [0.717, 1.165) is 0 Å². The van der Waals surface area contributed by atoms with Crippen LogP contribution in [0.15, 0.2) is 0 Å². The standard InChI is InChI=1S/C4H10N2O2.ClH/c1-8-4(7)2-3-6-5;/h6H,2-3,5H2,1H3;1H. The Bertz CT molecular complexity index is 79.0. The molecule has 0 aromatic carbocycles. The lowest BCUT2D eigenvalue weighted by Crippen LogP contribution is -3.00. The van der Waals surface area contributed by atoms with E-state index in [1.165, 1.54) is 7.11 Å². The molecular formula is C4H11ClN2O2. The van der Waals surface area contributed by atoms with Gasteiger partial charge in [-0.15, -0.1) is 0 Å². The molecule has 0 aromatic rings. The zero-order valence-electron chi connectivity index (χ0n) is 5.32. The maximum absolute atomic E-state index is 10.3. The van der Waals surface area contributed by atoms with Crippen LogP contribution in [0.2, 0.25) is 0 Å². The first kappa shape index (κ1) is 11.5. The second-order valence-corrected chi connectivity index (χ2v) is 1.33. The summed E-state index contributed by atoms with van der Waals surface area (Å²) < 4.78 is 4.35. The average molecular weight is 155 g/mol. The topological polar surface area (TPSA) is 66.0 Å². The summed E-state index contributed by atoms with van der Waals surface area (Å²) in [5.41, 5.74) is 2.58. The number of rotatable bonds is 3. The molecule has 0 aliphatic carbocycles. The van der Waals surface area contributed by atoms with Crippen molar-refractivity contribution in [3.8, 4) is 0 Å². The summed E-state index contributed by atoms with van der Waals surface area (Å²) >= 11 is 0. The molecule has 0 spiro atoms. The van der Waals surface area contributed by atoms with Crippen molar-refractivity contribution >= 4 is 5.97 Å². The van der Waals surface area contributed by atoms with Gasteiger partial charge < -0.3 is 17.1 Å². The molecule has 0 aliphatic rings. The minimum Gasteiger partial charge on any atom is -1.00 e. The monoisotopic (exact) mass is 154 g/mol. The van der Waals surface area contributed by atoms with Gasteiger partial charge in [0.2, 0.25) is 0 Å². The van der Waals surface area contributed by atoms with E-state index in [2.05, 4.69) is 16.0 Å². The van der Waals surface area contributed by atoms with Crippen molar-refractivity contribution in [2.45, 2.75) is 6.42 Å². The molecule has 0 rings (SSSR count). The normalized spacial score (nSPS) is 7.78. The zero-order valence-corrected chi connectivity index (χ0v) is 6.07. The highest BCUT2D eigenvalue weighted by molar-refractivity contribution is 5.69. The number of carbonyl (C=O) groups is 1. The van der Waals surface area contributed by atoms with E-state index in [0.29, 0.717) is 13.0 Å². The van der Waals surface area contributed by atoms with Crippen LogP contribution in [0, 0.1) is 0 Å². The van der Waals surface area contributed by atoms with Crippen molar-refractivity contribution in [1.29, 1.82) is 0 Å². The number of hydrogen-bond donors (Lipinski definition) is 2. The van der Waals surface area contributed by atoms with Crippen molar-refractivity contribution in [3.05, 3.63) is 0 Å². The molecule has 4 N–H and O–H groups in total. The highest BCUT2D eigenvalue weighted by Crippen LogP contribution is 1.77. The molecule has 0 amide bonds. The van der Waals surface area contributed by atoms with Gasteiger partial charge in [-0.1, -0.05) is 0 Å². The number of halogens is 1. The Morgan fingerprint density at radius 2 is 2.33 bits per heavy atom. The molecule has 0 aliphatic heterocycles. The van der Waals surface area contributed by atoms with Crippen LogP contribution >= 0.6 is 0 Å². The highest BCUT2D eigenvalue weighted by Gasteiger charge is 1.96. The van der Waals surface area contributed by atoms with E-state index in [9.17, 15) is 4.79 Å². The minimum atomic E-state index is -0.207. The maximum Gasteiger partial charge on any atom is 0.307 e. The smallest absolute Gasteiger partial charge is 0.307 e. The Kier molecular flexibility index (Phi) is 9.79. The molecule has 0 bridgehead atoms. The zero-order chi connectivity index (χ0) is 6.41. The fourth-order valence-electron chi connectivity index (χ4n) is 0.293. The summed E-state index contributed by atoms with van der Waals surface area (Å²) in [4.78, 5) is 10.3. The predicted molar refractivity (Wildman–Crippen MR) is 27.5 cm³/mol. The fraction of sp³-hybridized carbons (Fsp3) is 0.750. The van der Waals surface area contributed by atoms with Crippen molar-refractivity contribution < 1.29 is 27.8 Å². The maximum atomic E-state index is 10.3. The Hall–Kier alpha value is -0.320. The number of carbonyl (C=O) groups excluding carboxylic acids is 1. The van der Waals surface area contributed by atoms with E-state index < -0.39 is 0 Å². The van der Waals surface area contributed by atoms with Crippen molar-refractivity contribution in [2.75, 3.05) is 13.7 Å². The molecule has 0 saturated heterocycles. The Morgan fingerprint density at radius 3 is 2.67 bits per heavy atom. The third-order valence-electron chi connectivity index (χ3n) is 0.734. The van der Waals surface area contributed by atoms with Crippen LogP contribution in [0.1, 0.15) is 6.42 Å². The van der Waals surface area contributed by atoms with E-state index in [1.807, 2.05) is 0 Å². The second-order valence-electron chi connectivity index (χ2n) is 1.33. The molecule has 0 fully saturated rings. The first-order valence-electron chi connectivity index (χ1n) is 2.38. The fourth-order valence-corrected chi connectivity index (χ4v) is 0.293. The predicted octanol–water partition coefficient (Wildman–Crippen LogP) is -4.70. The molecular weight excluding hydrogens is 144 g/mol. The second kappa shape index (κ2) is 7.68. The van der Waals surface area contributed by atoms with Crippen molar-refractivity contribution in [3.63, 3.8) is 0 Å². The van der Waals surface area contributed by atoms with Gasteiger partial charge in [0.25, 0.3) is 0 Å². The Labute approximate surface area is 60.1 Å². The molecule has 0 radical (unpaired) electrons. The molecule has 0 saturated carbocycles. The van der Waals surface area contributed by atoms with E-state index in [1.54, 1.807) is 0 Å². The molecule has 0 aromatic heterocycles. The van der Waals surface area contributed by atoms with Crippen LogP contribution in [-0.4, -0.2) is 19.6 Å². The van der Waals surface area contributed by atoms with Gasteiger partial charge in [0.15, 0.2) is 0 Å². The first-order chi connectivity index (χ1) is 3.81. The largest absolute Gasteiger partial charge is 1.00 e. The van der Waals surface area contributed by atoms with Gasteiger partial charge in [-0.05, 0) is 0 Å². The number of methoxy groups -OCH3 is 1. The summed E-state index contributed by atoms with van der Waals surface area (Å²) in [6.07, 6.45) is 0.389. The lowest BCUT2D eigenvalue weighted by atomic mass is 10.4. The number of ether oxygens (including phenoxy) is 1. The van der Waals surface area contributed by atoms with E-state index in [-0.39, 0.29) is 18.4 Å². The minimum absolute atomic E-state index is 0. The summed E-state index contributed by atoms with van der Waals surface area (Å²) in [7, 11) is 1.37. The lowest BCUT2D eigenvalue weighted by Gasteiger charge is -1.93. The number of nitrogens with one attached hydrogen (secondary N) is 1. The molecule has 0 unspecified atom stereocenters. The van der Waals surface area contributed by atoms with Gasteiger partial charge in [0, 0.05) is 0 Å². The SMILES string of the molecule is COC(=O)CCN[NH3+].[Cl-]. The Morgan fingerprint density at radius 1 is 1.78 bits per heavy atom. The van der Waals surface area contributed by atoms with E-state index in [4.69, 9.17) is 0 Å². The molecule has 0 atom stereocenters. The Balaban J connectivity index is 0. The van der Waals surface area contributed by atoms with Crippen LogP contribution in [-0.2, 0) is 9.53 Å². The molecule has 5 heteroatoms. The van der Waals surface area contributed by atoms with Crippen LogP contribution in [0.4, 0.5) is 0 Å². The third-order valence-corrected chi connectivity index (χ3v) is 0.734. The number of hydrogen-bond acceptors (Lipinski definition) is 3. The molecule has 56 valence electrons. The average Bonchev–Trinajstić information content (AvgIpc) is 1.83. The van der Waals surface area contributed by atoms with Gasteiger partial charge in [0.05, 0.1) is 20.1 Å². The molecule has 0 heterocycles. The van der Waals surface area contributed by atoms with E-state index >= 15 is 0 Å². The number of quaternary nitrogens is 1. The third kappa shape index (κ3) is 7.68. The van der Waals surface area contributed by atoms with Gasteiger partial charge >= 0.3 is 5.97 Å². The lowest BCUT2D eigenvalue weighted by molar-refractivity contribution is -0.442. The first-order valence-corrected chi connectivity index (χ1v) is 2.38. The van der Waals surface area contributed by atoms with Crippen LogP contribution in [0.5, 0.6) is 0 Å². The molecule has 4 nitrogen and oxygen atoms in total. The van der Waals surface area contributed by atoms with Gasteiger partial charge in [-0.3, -0.25) is 10.6 Å². The molecule has 9 heavy (non-hydrogen) atoms. The van der Waals surface area contributed by atoms with Gasteiger partial charge in [-0.2, -0.15) is 5.43 Å². The summed E-state index contributed by atoms with van der Waals surface area (Å²) in [6, 6.07) is 0. The van der Waals surface area contributed by atoms with Crippen LogP contribution < -0.4 is 23.7 Å². The highest BCUT2D eigenvalue weighted by atomic mass is 35.5. The van der Waals surface area contributed by atoms with Crippen molar-refractivity contribution in [1.82, 2.24) is 5.43 Å². The summed E-state index contributed by atoms with van der Waals surface area (Å²) in [5, 5.41) is 0. The number of esters is 1. The van der Waals surface area contributed by atoms with Crippen molar-refractivity contribution in [2.24, 2.45) is 0 Å². The summed E-state index contributed by atoms with van der Waals surface area (Å²) in [5.74, 6) is 3.13. The van der Waals surface area contributed by atoms with Gasteiger partial charge in [-0.25, -0.2) is 0 Å². The van der Waals surface area contributed by atoms with Crippen LogP contribution in [0.3, 0.4) is 0 Å². The quantitative estimate of drug-likeness (QED) is 0.317. The van der Waals surface area contributed by atoms with Gasteiger partial charge in [0.1, 0.15) is 0 Å². The van der Waals surface area contributed by atoms with Crippen LogP contribution in [0.25, 0.3) is 0 Å². The summed E-state index contributed by atoms with van der Waals surface area (Å²) in [6.45, 7) is 0.576.